The van der Waals surface area contributed by atoms with Crippen molar-refractivity contribution in [1.82, 2.24) is 5.32 Å². The van der Waals surface area contributed by atoms with Gasteiger partial charge in [0.2, 0.25) is 5.82 Å². The predicted octanol–water partition coefficient (Wildman–Crippen LogP) is 7.48. The minimum atomic E-state index is -2.26. The second-order valence-electron chi connectivity index (χ2n) is 9.22. The van der Waals surface area contributed by atoms with E-state index in [0.29, 0.717) is 5.75 Å². The third-order valence-corrected chi connectivity index (χ3v) is 6.12. The van der Waals surface area contributed by atoms with Crippen LogP contribution in [0.2, 0.25) is 0 Å². The molecule has 2 bridgehead atoms. The molecule has 0 fully saturated rings. The second-order valence-corrected chi connectivity index (χ2v) is 9.22. The molecular formula is C29H30F5NO3. The molecule has 38 heavy (non-hydrogen) atoms. The number of carbonyl (C=O) groups excluding carboxylic acids is 1. The van der Waals surface area contributed by atoms with E-state index in [-0.39, 0.29) is 24.5 Å². The van der Waals surface area contributed by atoms with Crippen LogP contribution >= 0.6 is 0 Å². The summed E-state index contributed by atoms with van der Waals surface area (Å²) in [6.07, 6.45) is 9.72. The molecule has 2 aromatic rings. The van der Waals surface area contributed by atoms with Gasteiger partial charge in [-0.2, -0.15) is 0 Å². The summed E-state index contributed by atoms with van der Waals surface area (Å²) in [5.41, 5.74) is 2.25. The smallest absolute Gasteiger partial charge is 0.255 e. The summed E-state index contributed by atoms with van der Waals surface area (Å²) < 4.78 is 80.2. The van der Waals surface area contributed by atoms with Gasteiger partial charge in [0, 0.05) is 12.1 Å². The van der Waals surface area contributed by atoms with Crippen molar-refractivity contribution in [1.29, 1.82) is 0 Å². The van der Waals surface area contributed by atoms with Crippen molar-refractivity contribution in [3.8, 4) is 11.5 Å². The maximum Gasteiger partial charge on any atom is 0.255 e. The van der Waals surface area contributed by atoms with E-state index in [1.807, 2.05) is 19.9 Å². The number of fused-ring (bicyclic) bond motifs is 12. The molecule has 2 aliphatic rings. The highest BCUT2D eigenvalue weighted by molar-refractivity contribution is 5.97. The second kappa shape index (κ2) is 13.3. The van der Waals surface area contributed by atoms with Crippen LogP contribution in [0.5, 0.6) is 11.5 Å². The molecule has 0 spiro atoms. The molecule has 0 atom stereocenters. The van der Waals surface area contributed by atoms with E-state index in [4.69, 9.17) is 9.47 Å². The van der Waals surface area contributed by atoms with E-state index in [1.54, 1.807) is 6.07 Å². The number of nitrogens with one attached hydrogen (secondary N) is 1. The van der Waals surface area contributed by atoms with Crippen LogP contribution in [0.15, 0.2) is 53.1 Å². The average Bonchev–Trinajstić information content (AvgIpc) is 2.89. The Bertz CT molecular complexity index is 1250. The van der Waals surface area contributed by atoms with Crippen LogP contribution in [0.3, 0.4) is 0 Å². The normalized spacial score (nSPS) is 19.4. The van der Waals surface area contributed by atoms with Gasteiger partial charge in [0.15, 0.2) is 23.3 Å². The van der Waals surface area contributed by atoms with E-state index in [9.17, 15) is 26.7 Å². The Morgan fingerprint density at radius 2 is 1.37 bits per heavy atom. The van der Waals surface area contributed by atoms with Gasteiger partial charge in [0.05, 0.1) is 5.56 Å². The van der Waals surface area contributed by atoms with Crippen molar-refractivity contribution in [2.75, 3.05) is 13.2 Å². The fourth-order valence-electron chi connectivity index (χ4n) is 3.80. The Balaban J connectivity index is 1.86. The molecule has 0 saturated heterocycles. The Morgan fingerprint density at radius 3 is 2.03 bits per heavy atom. The van der Waals surface area contributed by atoms with E-state index < -0.39 is 47.1 Å². The molecule has 1 N–H and O–H groups in total. The highest BCUT2D eigenvalue weighted by atomic mass is 19.2. The standard InChI is InChI=1S/C29H30F5NO3/c1-17-6-4-8-18(2)12-13-37-23-11-10-20(38-16-19(3)9-5-7-17)14-21(23)29(36)35-15-22-24(30)26(32)28(34)27(33)25(22)31/h6,9-12,14H,4-5,7-8,13,15-16H2,1-3H3,(H,35,36)/b17-6-,18-12-,19-9-. The molecular weight excluding hydrogens is 505 g/mol. The Morgan fingerprint density at radius 1 is 0.789 bits per heavy atom. The largest absolute Gasteiger partial charge is 0.489 e. The van der Waals surface area contributed by atoms with Crippen LogP contribution in [0.25, 0.3) is 0 Å². The number of halogens is 5. The number of benzene rings is 2. The number of hydrogen-bond acceptors (Lipinski definition) is 3. The quantitative estimate of drug-likeness (QED) is 0.192. The van der Waals surface area contributed by atoms with Gasteiger partial charge in [0.1, 0.15) is 24.7 Å². The van der Waals surface area contributed by atoms with Crippen molar-refractivity contribution in [3.63, 3.8) is 0 Å². The summed E-state index contributed by atoms with van der Waals surface area (Å²) in [5.74, 6) is -10.8. The maximum absolute atomic E-state index is 14.1. The monoisotopic (exact) mass is 535 g/mol. The summed E-state index contributed by atoms with van der Waals surface area (Å²) in [6.45, 7) is 5.53. The lowest BCUT2D eigenvalue weighted by Gasteiger charge is -2.15. The van der Waals surface area contributed by atoms with Gasteiger partial charge >= 0.3 is 0 Å². The average molecular weight is 536 g/mol. The third kappa shape index (κ3) is 7.46. The molecule has 1 amide bonds. The summed E-state index contributed by atoms with van der Waals surface area (Å²) >= 11 is 0. The first-order valence-corrected chi connectivity index (χ1v) is 12.2. The highest BCUT2D eigenvalue weighted by Gasteiger charge is 2.26. The molecule has 0 saturated carbocycles. The molecule has 2 aromatic carbocycles. The summed E-state index contributed by atoms with van der Waals surface area (Å²) in [4.78, 5) is 13.0. The molecule has 0 radical (unpaired) electrons. The van der Waals surface area contributed by atoms with Crippen molar-refractivity contribution in [2.45, 2.75) is 53.0 Å². The van der Waals surface area contributed by atoms with Crippen molar-refractivity contribution >= 4 is 5.91 Å². The van der Waals surface area contributed by atoms with E-state index in [2.05, 4.69) is 24.4 Å². The van der Waals surface area contributed by atoms with Gasteiger partial charge in [-0.3, -0.25) is 4.79 Å². The van der Waals surface area contributed by atoms with E-state index in [1.165, 1.54) is 17.7 Å². The van der Waals surface area contributed by atoms with Crippen LogP contribution < -0.4 is 14.8 Å². The Kier molecular flexibility index (Phi) is 10.1. The molecule has 0 aliphatic carbocycles. The number of allylic oxidation sites excluding steroid dienone is 4. The zero-order valence-electron chi connectivity index (χ0n) is 21.5. The number of rotatable bonds is 3. The molecule has 2 heterocycles. The number of amides is 1. The molecule has 0 unspecified atom stereocenters. The SMILES string of the molecule is C/C1=C/CC/C(C)=C\COc2ccc(cc2C(=O)NCc2c(F)c(F)c(F)c(F)c2F)OC/C(C)=C\CC1. The van der Waals surface area contributed by atoms with Gasteiger partial charge in [0.25, 0.3) is 5.91 Å². The summed E-state index contributed by atoms with van der Waals surface area (Å²) in [7, 11) is 0. The fourth-order valence-corrected chi connectivity index (χ4v) is 3.80. The van der Waals surface area contributed by atoms with Gasteiger partial charge in [-0.05, 0) is 76.3 Å². The molecule has 2 aliphatic heterocycles. The minimum absolute atomic E-state index is 0.0151. The molecule has 4 rings (SSSR count). The molecule has 204 valence electrons. The lowest BCUT2D eigenvalue weighted by molar-refractivity contribution is 0.0946. The predicted molar refractivity (Wildman–Crippen MR) is 135 cm³/mol. The summed E-state index contributed by atoms with van der Waals surface area (Å²) in [6, 6.07) is 4.55. The van der Waals surface area contributed by atoms with Gasteiger partial charge in [-0.15, -0.1) is 0 Å². The van der Waals surface area contributed by atoms with Crippen LogP contribution in [0.4, 0.5) is 22.0 Å². The van der Waals surface area contributed by atoms with E-state index in [0.717, 1.165) is 36.8 Å². The maximum atomic E-state index is 14.1. The highest BCUT2D eigenvalue weighted by Crippen LogP contribution is 2.27. The van der Waals surface area contributed by atoms with Crippen molar-refractivity contribution < 1.29 is 36.2 Å². The zero-order valence-corrected chi connectivity index (χ0v) is 21.5. The lowest BCUT2D eigenvalue weighted by Crippen LogP contribution is -2.25. The van der Waals surface area contributed by atoms with Gasteiger partial charge < -0.3 is 14.8 Å². The number of hydrogen-bond donors (Lipinski definition) is 1. The van der Waals surface area contributed by atoms with Gasteiger partial charge in [-0.25, -0.2) is 22.0 Å². The third-order valence-electron chi connectivity index (χ3n) is 6.12. The van der Waals surface area contributed by atoms with Crippen molar-refractivity contribution in [3.05, 3.63) is 93.4 Å². The molecule has 0 aromatic heterocycles. The first kappa shape index (κ1) is 28.9. The first-order valence-electron chi connectivity index (χ1n) is 12.2. The zero-order chi connectivity index (χ0) is 27.8. The van der Waals surface area contributed by atoms with Crippen LogP contribution in [-0.4, -0.2) is 19.1 Å². The Labute approximate surface area is 218 Å². The first-order chi connectivity index (χ1) is 18.1. The van der Waals surface area contributed by atoms with Crippen molar-refractivity contribution in [2.24, 2.45) is 0 Å². The topological polar surface area (TPSA) is 47.6 Å². The lowest BCUT2D eigenvalue weighted by atomic mass is 10.1. The number of carbonyl (C=O) groups is 1. The van der Waals surface area contributed by atoms with Crippen LogP contribution in [0, 0.1) is 29.1 Å². The van der Waals surface area contributed by atoms with Gasteiger partial charge in [-0.1, -0.05) is 23.3 Å². The van der Waals surface area contributed by atoms with Crippen LogP contribution in [-0.2, 0) is 6.54 Å². The fraction of sp³-hybridized carbons (Fsp3) is 0.345. The molecule has 9 heteroatoms. The van der Waals surface area contributed by atoms with E-state index >= 15 is 0 Å². The Hall–Kier alpha value is -3.62. The minimum Gasteiger partial charge on any atom is -0.489 e. The molecule has 4 nitrogen and oxygen atoms in total. The number of ether oxygens (including phenoxy) is 2. The van der Waals surface area contributed by atoms with Crippen LogP contribution in [0.1, 0.15) is 62.4 Å². The summed E-state index contributed by atoms with van der Waals surface area (Å²) in [5, 5.41) is 2.22.